The highest BCUT2D eigenvalue weighted by Gasteiger charge is 2.06. The summed E-state index contributed by atoms with van der Waals surface area (Å²) in [5.41, 5.74) is 14.1. The molecule has 1 aromatic heterocycles. The van der Waals surface area contributed by atoms with Crippen LogP contribution in [-0.4, -0.2) is 10.9 Å². The number of rotatable bonds is 4. The van der Waals surface area contributed by atoms with Crippen molar-refractivity contribution in [2.45, 2.75) is 17.0 Å². The third-order valence-corrected chi connectivity index (χ3v) is 4.57. The van der Waals surface area contributed by atoms with Crippen LogP contribution in [0.3, 0.4) is 0 Å². The number of anilines is 1. The summed E-state index contributed by atoms with van der Waals surface area (Å²) >= 11 is 3.25. The summed E-state index contributed by atoms with van der Waals surface area (Å²) in [4.78, 5) is 15.4. The molecule has 0 aliphatic carbocycles. The lowest BCUT2D eigenvalue weighted by Gasteiger charge is -2.05. The fourth-order valence-electron chi connectivity index (χ4n) is 1.42. The van der Waals surface area contributed by atoms with Crippen molar-refractivity contribution in [3.05, 3.63) is 40.4 Å². The van der Waals surface area contributed by atoms with Crippen molar-refractivity contribution >= 4 is 34.7 Å². The first kappa shape index (κ1) is 12.9. The van der Waals surface area contributed by atoms with Gasteiger partial charge in [-0.25, -0.2) is 4.98 Å². The molecule has 2 aromatic rings. The molecule has 6 heteroatoms. The number of nitrogens with zero attached hydrogens (tertiary/aromatic N) is 1. The summed E-state index contributed by atoms with van der Waals surface area (Å²) in [5.74, 6) is 0.272. The van der Waals surface area contributed by atoms with Gasteiger partial charge in [-0.3, -0.25) is 4.79 Å². The number of carbonyl (C=O) groups is 1. The van der Waals surface area contributed by atoms with Gasteiger partial charge in [-0.05, 0) is 24.6 Å². The van der Waals surface area contributed by atoms with E-state index in [0.717, 1.165) is 21.3 Å². The van der Waals surface area contributed by atoms with Gasteiger partial charge in [0, 0.05) is 28.1 Å². The first-order valence-electron chi connectivity index (χ1n) is 5.29. The molecule has 0 fully saturated rings. The summed E-state index contributed by atoms with van der Waals surface area (Å²) < 4.78 is 1.02. The number of hydrogen-bond donors (Lipinski definition) is 2. The number of benzene rings is 1. The minimum absolute atomic E-state index is 0.436. The van der Waals surface area contributed by atoms with Crippen molar-refractivity contribution in [3.8, 4) is 0 Å². The third kappa shape index (κ3) is 3.02. The van der Waals surface area contributed by atoms with Crippen molar-refractivity contribution in [1.82, 2.24) is 4.98 Å². The summed E-state index contributed by atoms with van der Waals surface area (Å²) in [6.45, 7) is 1.97. The second-order valence-corrected chi connectivity index (χ2v) is 5.90. The van der Waals surface area contributed by atoms with Gasteiger partial charge in [0.15, 0.2) is 0 Å². The molecule has 0 radical (unpaired) electrons. The molecule has 4 N–H and O–H groups in total. The van der Waals surface area contributed by atoms with Gasteiger partial charge in [0.2, 0.25) is 5.91 Å². The van der Waals surface area contributed by atoms with E-state index in [1.165, 1.54) is 0 Å². The normalized spacial score (nSPS) is 10.5. The number of primary amides is 1. The van der Waals surface area contributed by atoms with E-state index in [4.69, 9.17) is 11.5 Å². The second kappa shape index (κ2) is 5.41. The zero-order chi connectivity index (χ0) is 13.1. The minimum atomic E-state index is -0.462. The SMILES string of the molecule is Cc1csc(SCc2ccc(C(N)=O)cc2N)n1. The highest BCUT2D eigenvalue weighted by Crippen LogP contribution is 2.28. The Bertz CT molecular complexity index is 580. The van der Waals surface area contributed by atoms with Gasteiger partial charge >= 0.3 is 0 Å². The van der Waals surface area contributed by atoms with E-state index in [-0.39, 0.29) is 0 Å². The molecule has 0 saturated carbocycles. The van der Waals surface area contributed by atoms with Gasteiger partial charge in [0.05, 0.1) is 0 Å². The molecule has 0 unspecified atom stereocenters. The lowest BCUT2D eigenvalue weighted by atomic mass is 10.1. The van der Waals surface area contributed by atoms with Crippen LogP contribution in [0.2, 0.25) is 0 Å². The van der Waals surface area contributed by atoms with Crippen LogP contribution in [0.4, 0.5) is 5.69 Å². The number of nitrogen functional groups attached to an aromatic ring is 1. The Balaban J connectivity index is 2.08. The molecule has 1 aromatic carbocycles. The average molecular weight is 279 g/mol. The zero-order valence-corrected chi connectivity index (χ0v) is 11.5. The third-order valence-electron chi connectivity index (χ3n) is 2.38. The van der Waals surface area contributed by atoms with E-state index < -0.39 is 5.91 Å². The molecule has 1 amide bonds. The zero-order valence-electron chi connectivity index (χ0n) is 9.84. The molecule has 0 spiro atoms. The first-order valence-corrected chi connectivity index (χ1v) is 7.16. The van der Waals surface area contributed by atoms with Crippen molar-refractivity contribution < 1.29 is 4.79 Å². The summed E-state index contributed by atoms with van der Waals surface area (Å²) in [7, 11) is 0. The molecular formula is C12H13N3OS2. The van der Waals surface area contributed by atoms with E-state index in [1.807, 2.05) is 18.4 Å². The maximum absolute atomic E-state index is 11.0. The Kier molecular flexibility index (Phi) is 3.88. The summed E-state index contributed by atoms with van der Waals surface area (Å²) in [6, 6.07) is 5.15. The van der Waals surface area contributed by atoms with Gasteiger partial charge in [-0.1, -0.05) is 17.8 Å². The Morgan fingerprint density at radius 2 is 2.28 bits per heavy atom. The van der Waals surface area contributed by atoms with Crippen LogP contribution in [-0.2, 0) is 5.75 Å². The lowest BCUT2D eigenvalue weighted by Crippen LogP contribution is -2.11. The quantitative estimate of drug-likeness (QED) is 0.665. The van der Waals surface area contributed by atoms with Gasteiger partial charge in [-0.2, -0.15) is 0 Å². The first-order chi connectivity index (χ1) is 8.56. The Morgan fingerprint density at radius 1 is 1.50 bits per heavy atom. The van der Waals surface area contributed by atoms with Crippen LogP contribution in [0, 0.1) is 6.92 Å². The largest absolute Gasteiger partial charge is 0.398 e. The van der Waals surface area contributed by atoms with E-state index in [2.05, 4.69) is 4.98 Å². The van der Waals surface area contributed by atoms with Crippen LogP contribution >= 0.6 is 23.1 Å². The van der Waals surface area contributed by atoms with Gasteiger partial charge < -0.3 is 11.5 Å². The molecular weight excluding hydrogens is 266 g/mol. The molecule has 0 aliphatic rings. The number of thiazole rings is 1. The van der Waals surface area contributed by atoms with Gasteiger partial charge in [-0.15, -0.1) is 11.3 Å². The molecule has 4 nitrogen and oxygen atoms in total. The minimum Gasteiger partial charge on any atom is -0.398 e. The topological polar surface area (TPSA) is 82.0 Å². The molecule has 0 bridgehead atoms. The van der Waals surface area contributed by atoms with Crippen molar-refractivity contribution in [1.29, 1.82) is 0 Å². The number of thioether (sulfide) groups is 1. The highest BCUT2D eigenvalue weighted by atomic mass is 32.2. The maximum Gasteiger partial charge on any atom is 0.248 e. The fraction of sp³-hybridized carbons (Fsp3) is 0.167. The van der Waals surface area contributed by atoms with Crippen molar-refractivity contribution in [2.75, 3.05) is 5.73 Å². The van der Waals surface area contributed by atoms with E-state index in [9.17, 15) is 4.79 Å². The van der Waals surface area contributed by atoms with E-state index >= 15 is 0 Å². The number of amides is 1. The highest BCUT2D eigenvalue weighted by molar-refractivity contribution is 8.00. The van der Waals surface area contributed by atoms with Crippen LogP contribution < -0.4 is 11.5 Å². The second-order valence-electron chi connectivity index (χ2n) is 3.82. The number of aromatic nitrogens is 1. The molecule has 1 heterocycles. The maximum atomic E-state index is 11.0. The Morgan fingerprint density at radius 3 is 2.83 bits per heavy atom. The molecule has 0 atom stereocenters. The Hall–Kier alpha value is -1.53. The predicted molar refractivity (Wildman–Crippen MR) is 75.8 cm³/mol. The molecule has 0 aliphatic heterocycles. The van der Waals surface area contributed by atoms with Gasteiger partial charge in [0.25, 0.3) is 0 Å². The average Bonchev–Trinajstić information content (AvgIpc) is 2.73. The molecule has 18 heavy (non-hydrogen) atoms. The van der Waals surface area contributed by atoms with Crippen LogP contribution in [0.1, 0.15) is 21.6 Å². The summed E-state index contributed by atoms with van der Waals surface area (Å²) in [5, 5.41) is 2.02. The monoisotopic (exact) mass is 279 g/mol. The number of nitrogens with two attached hydrogens (primary N) is 2. The molecule has 0 saturated heterocycles. The smallest absolute Gasteiger partial charge is 0.248 e. The van der Waals surface area contributed by atoms with Gasteiger partial charge in [0.1, 0.15) is 4.34 Å². The van der Waals surface area contributed by atoms with Crippen LogP contribution in [0.25, 0.3) is 0 Å². The molecule has 94 valence electrons. The fourth-order valence-corrected chi connectivity index (χ4v) is 3.28. The standard InChI is InChI=1S/C12H13N3OS2/c1-7-5-17-12(15-7)18-6-9-3-2-8(11(14)16)4-10(9)13/h2-5H,6,13H2,1H3,(H2,14,16). The van der Waals surface area contributed by atoms with Crippen molar-refractivity contribution in [2.24, 2.45) is 5.73 Å². The number of hydrogen-bond acceptors (Lipinski definition) is 5. The number of aryl methyl sites for hydroxylation is 1. The number of carbonyl (C=O) groups excluding carboxylic acids is 1. The van der Waals surface area contributed by atoms with Crippen LogP contribution in [0.15, 0.2) is 27.9 Å². The Labute approximate surface area is 113 Å². The lowest BCUT2D eigenvalue weighted by molar-refractivity contribution is 0.100. The summed E-state index contributed by atoms with van der Waals surface area (Å²) in [6.07, 6.45) is 0. The van der Waals surface area contributed by atoms with E-state index in [1.54, 1.807) is 35.2 Å². The van der Waals surface area contributed by atoms with E-state index in [0.29, 0.717) is 11.3 Å². The molecule has 2 rings (SSSR count). The predicted octanol–water partition coefficient (Wildman–Crippen LogP) is 2.42. The van der Waals surface area contributed by atoms with Crippen LogP contribution in [0.5, 0.6) is 0 Å². The van der Waals surface area contributed by atoms with Crippen molar-refractivity contribution in [3.63, 3.8) is 0 Å².